The smallest absolute Gasteiger partial charge is 0.163 e. The molecule has 0 aromatic heterocycles. The second-order valence-electron chi connectivity index (χ2n) is 4.46. The number of benzene rings is 2. The lowest BCUT2D eigenvalue weighted by Crippen LogP contribution is -2.01. The topological polar surface area (TPSA) is 0 Å². The lowest BCUT2D eigenvalue weighted by molar-refractivity contribution is 0.500. The van der Waals surface area contributed by atoms with Crippen LogP contribution >= 0.6 is 31.9 Å². The first-order valence-corrected chi connectivity index (χ1v) is 7.47. The molecule has 0 nitrogen and oxygen atoms in total. The van der Waals surface area contributed by atoms with Crippen molar-refractivity contribution in [3.05, 3.63) is 68.7 Å². The molecule has 1 unspecified atom stereocenters. The fraction of sp³-hybridized carbons (Fsp3) is 0.200. The third kappa shape index (κ3) is 2.90. The Morgan fingerprint density at radius 1 is 1.00 bits per heavy atom. The van der Waals surface area contributed by atoms with Crippen LogP contribution in [0.25, 0.3) is 0 Å². The van der Waals surface area contributed by atoms with Gasteiger partial charge in [-0.2, -0.15) is 0 Å². The van der Waals surface area contributed by atoms with E-state index < -0.39 is 11.6 Å². The van der Waals surface area contributed by atoms with Crippen molar-refractivity contribution < 1.29 is 8.78 Å². The van der Waals surface area contributed by atoms with Gasteiger partial charge < -0.3 is 0 Å². The van der Waals surface area contributed by atoms with Crippen molar-refractivity contribution in [3.63, 3.8) is 0 Å². The minimum absolute atomic E-state index is 0.310. The molecule has 0 heterocycles. The van der Waals surface area contributed by atoms with Crippen LogP contribution < -0.4 is 0 Å². The van der Waals surface area contributed by atoms with Gasteiger partial charge >= 0.3 is 0 Å². The highest BCUT2D eigenvalue weighted by Crippen LogP contribution is 2.36. The van der Waals surface area contributed by atoms with E-state index in [-0.39, 0.29) is 4.83 Å². The molecule has 0 fully saturated rings. The number of alkyl halides is 1. The lowest BCUT2D eigenvalue weighted by Gasteiger charge is -2.16. The fourth-order valence-electron chi connectivity index (χ4n) is 1.96. The van der Waals surface area contributed by atoms with E-state index in [4.69, 9.17) is 0 Å². The summed E-state index contributed by atoms with van der Waals surface area (Å²) in [6.45, 7) is 3.92. The second kappa shape index (κ2) is 5.71. The van der Waals surface area contributed by atoms with Crippen LogP contribution in [-0.4, -0.2) is 0 Å². The molecule has 0 saturated carbocycles. The van der Waals surface area contributed by atoms with E-state index >= 15 is 0 Å². The number of hydrogen-bond donors (Lipinski definition) is 0. The van der Waals surface area contributed by atoms with Crippen molar-refractivity contribution in [2.45, 2.75) is 18.7 Å². The SMILES string of the molecule is Cc1cc(C(Br)c2cccc(F)c2F)c(C)cc1Br. The van der Waals surface area contributed by atoms with Crippen LogP contribution in [0.15, 0.2) is 34.8 Å². The summed E-state index contributed by atoms with van der Waals surface area (Å²) in [4.78, 5) is -0.366. The second-order valence-corrected chi connectivity index (χ2v) is 6.23. The standard InChI is InChI=1S/C15H12Br2F2/c1-8-7-12(16)9(2)6-11(8)14(17)10-4-3-5-13(18)15(10)19/h3-7,14H,1-2H3. The van der Waals surface area contributed by atoms with Crippen molar-refractivity contribution in [2.75, 3.05) is 0 Å². The summed E-state index contributed by atoms with van der Waals surface area (Å²) in [6, 6.07) is 8.19. The Bertz CT molecular complexity index is 624. The largest absolute Gasteiger partial charge is 0.204 e. The van der Waals surface area contributed by atoms with Crippen LogP contribution in [0, 0.1) is 25.5 Å². The summed E-state index contributed by atoms with van der Waals surface area (Å²) in [7, 11) is 0. The van der Waals surface area contributed by atoms with Crippen LogP contribution in [-0.2, 0) is 0 Å². The highest BCUT2D eigenvalue weighted by Gasteiger charge is 2.19. The molecule has 19 heavy (non-hydrogen) atoms. The Kier molecular flexibility index (Phi) is 4.41. The molecule has 0 aliphatic carbocycles. The predicted octanol–water partition coefficient (Wildman–Crippen LogP) is 5.83. The van der Waals surface area contributed by atoms with Crippen LogP contribution in [0.5, 0.6) is 0 Å². The van der Waals surface area contributed by atoms with Gasteiger partial charge in [-0.1, -0.05) is 50.1 Å². The van der Waals surface area contributed by atoms with Crippen molar-refractivity contribution in [2.24, 2.45) is 0 Å². The molecule has 0 aliphatic heterocycles. The number of halogens is 4. The first-order chi connectivity index (χ1) is 8.91. The van der Waals surface area contributed by atoms with Gasteiger partial charge in [0.05, 0.1) is 4.83 Å². The quantitative estimate of drug-likeness (QED) is 0.567. The van der Waals surface area contributed by atoms with Gasteiger partial charge in [-0.25, -0.2) is 8.78 Å². The molecule has 1 atom stereocenters. The maximum Gasteiger partial charge on any atom is 0.163 e. The third-order valence-corrected chi connectivity index (χ3v) is 4.92. The Morgan fingerprint density at radius 3 is 2.37 bits per heavy atom. The predicted molar refractivity (Wildman–Crippen MR) is 80.7 cm³/mol. The van der Waals surface area contributed by atoms with Gasteiger partial charge in [0, 0.05) is 10.0 Å². The maximum atomic E-state index is 13.8. The van der Waals surface area contributed by atoms with E-state index in [1.807, 2.05) is 26.0 Å². The Morgan fingerprint density at radius 2 is 1.68 bits per heavy atom. The van der Waals surface area contributed by atoms with E-state index in [0.29, 0.717) is 5.56 Å². The zero-order valence-electron chi connectivity index (χ0n) is 10.5. The molecule has 0 N–H and O–H groups in total. The normalized spacial score (nSPS) is 12.5. The summed E-state index contributed by atoms with van der Waals surface area (Å²) >= 11 is 6.93. The van der Waals surface area contributed by atoms with Crippen molar-refractivity contribution in [3.8, 4) is 0 Å². The number of rotatable bonds is 2. The lowest BCUT2D eigenvalue weighted by atomic mass is 9.98. The molecule has 2 aromatic carbocycles. The molecule has 0 aliphatic rings. The summed E-state index contributed by atoms with van der Waals surface area (Å²) in [5.41, 5.74) is 3.32. The molecular formula is C15H12Br2F2. The molecule has 2 rings (SSSR count). The highest BCUT2D eigenvalue weighted by atomic mass is 79.9. The molecule has 0 saturated heterocycles. The Labute approximate surface area is 128 Å². The van der Waals surface area contributed by atoms with Gasteiger partial charge in [-0.3, -0.25) is 0 Å². The van der Waals surface area contributed by atoms with Gasteiger partial charge in [-0.15, -0.1) is 0 Å². The molecule has 0 amide bonds. The highest BCUT2D eigenvalue weighted by molar-refractivity contribution is 9.10. The van der Waals surface area contributed by atoms with Gasteiger partial charge in [0.15, 0.2) is 11.6 Å². The average molecular weight is 390 g/mol. The summed E-state index contributed by atoms with van der Waals surface area (Å²) in [6.07, 6.45) is 0. The van der Waals surface area contributed by atoms with Gasteiger partial charge in [-0.05, 0) is 42.7 Å². The minimum atomic E-state index is -0.826. The summed E-state index contributed by atoms with van der Waals surface area (Å²) < 4.78 is 28.1. The minimum Gasteiger partial charge on any atom is -0.204 e. The van der Waals surface area contributed by atoms with Gasteiger partial charge in [0.25, 0.3) is 0 Å². The van der Waals surface area contributed by atoms with Crippen LogP contribution in [0.2, 0.25) is 0 Å². The monoisotopic (exact) mass is 388 g/mol. The first kappa shape index (κ1) is 14.7. The van der Waals surface area contributed by atoms with E-state index in [1.165, 1.54) is 6.07 Å². The van der Waals surface area contributed by atoms with Crippen LogP contribution in [0.1, 0.15) is 27.1 Å². The summed E-state index contributed by atoms with van der Waals surface area (Å²) in [5, 5.41) is 0. The van der Waals surface area contributed by atoms with E-state index in [0.717, 1.165) is 27.2 Å². The van der Waals surface area contributed by atoms with E-state index in [2.05, 4.69) is 31.9 Å². The Hall–Kier alpha value is -0.740. The molecule has 0 radical (unpaired) electrons. The van der Waals surface area contributed by atoms with Crippen LogP contribution in [0.3, 0.4) is 0 Å². The van der Waals surface area contributed by atoms with Crippen LogP contribution in [0.4, 0.5) is 8.78 Å². The third-order valence-electron chi connectivity index (χ3n) is 3.07. The molecule has 4 heteroatoms. The van der Waals surface area contributed by atoms with E-state index in [9.17, 15) is 8.78 Å². The fourth-order valence-corrected chi connectivity index (χ4v) is 3.26. The van der Waals surface area contributed by atoms with Gasteiger partial charge in [0.2, 0.25) is 0 Å². The average Bonchev–Trinajstić information content (AvgIpc) is 2.36. The molecular weight excluding hydrogens is 378 g/mol. The zero-order chi connectivity index (χ0) is 14.2. The maximum absolute atomic E-state index is 13.8. The number of aryl methyl sites for hydroxylation is 2. The van der Waals surface area contributed by atoms with E-state index in [1.54, 1.807) is 6.07 Å². The number of hydrogen-bond acceptors (Lipinski definition) is 0. The molecule has 0 spiro atoms. The van der Waals surface area contributed by atoms with Gasteiger partial charge in [0.1, 0.15) is 0 Å². The molecule has 100 valence electrons. The van der Waals surface area contributed by atoms with Crippen molar-refractivity contribution in [1.29, 1.82) is 0 Å². The molecule has 0 bridgehead atoms. The van der Waals surface area contributed by atoms with Crippen molar-refractivity contribution >= 4 is 31.9 Å². The Balaban J connectivity index is 2.53. The summed E-state index contributed by atoms with van der Waals surface area (Å²) in [5.74, 6) is -1.63. The molecule has 2 aromatic rings. The zero-order valence-corrected chi connectivity index (χ0v) is 13.6. The van der Waals surface area contributed by atoms with Crippen molar-refractivity contribution in [1.82, 2.24) is 0 Å². The first-order valence-electron chi connectivity index (χ1n) is 5.76.